The summed E-state index contributed by atoms with van der Waals surface area (Å²) in [6.07, 6.45) is -1.53. The number of hydrogen-bond acceptors (Lipinski definition) is 9. The van der Waals surface area contributed by atoms with Gasteiger partial charge in [-0.2, -0.15) is 0 Å². The van der Waals surface area contributed by atoms with E-state index in [1.54, 1.807) is 50.2 Å². The van der Waals surface area contributed by atoms with E-state index in [1.165, 1.54) is 13.0 Å². The molecule has 0 unspecified atom stereocenters. The number of nitrogens with two attached hydrogens (primary N) is 3. The van der Waals surface area contributed by atoms with E-state index in [4.69, 9.17) is 17.2 Å². The molecule has 0 aromatic heterocycles. The molecule has 0 radical (unpaired) electrons. The molecule has 16 nitrogen and oxygen atoms in total. The molecule has 0 saturated heterocycles. The smallest absolute Gasteiger partial charge is 0.326 e. The van der Waals surface area contributed by atoms with Gasteiger partial charge in [0, 0.05) is 11.8 Å². The van der Waals surface area contributed by atoms with Crippen LogP contribution >= 0.6 is 0 Å². The SMILES string of the molecule is CC(C)[C@H](N)C(=O)N[C@@H](CO)C(=O)N[C@@H](CCC(N)=O)C(=O)N[C@@H](CC(N)=O)C(=O)N(c1cccc2ccccc12)[C@@H](C)C(=O)O. The Kier molecular flexibility index (Phi) is 13.6. The standard InChI is InChI=1S/C30H41N7O9/c1-15(2)25(33)28(43)36-21(14-38)27(42)34-19(11-12-23(31)39)26(41)35-20(13-24(32)40)29(44)37(16(3)30(45)46)22-10-6-8-17-7-4-5-9-18(17)22/h4-10,15-16,19-21,25,38H,11-14,33H2,1-3H3,(H2,31,39)(H2,32,40)(H,34,42)(H,35,41)(H,36,43)(H,45,46)/t16-,19-,20-,21-,25-/m0/s1. The fourth-order valence-electron chi connectivity index (χ4n) is 4.48. The van der Waals surface area contributed by atoms with E-state index in [0.717, 1.165) is 4.90 Å². The van der Waals surface area contributed by atoms with Gasteiger partial charge in [-0.25, -0.2) is 4.79 Å². The highest BCUT2D eigenvalue weighted by Crippen LogP contribution is 2.29. The van der Waals surface area contributed by atoms with E-state index in [2.05, 4.69) is 16.0 Å². The van der Waals surface area contributed by atoms with Crippen LogP contribution in [-0.2, 0) is 33.6 Å². The number of anilines is 1. The first-order valence-corrected chi connectivity index (χ1v) is 14.5. The van der Waals surface area contributed by atoms with Gasteiger partial charge >= 0.3 is 5.97 Å². The molecular weight excluding hydrogens is 602 g/mol. The second-order valence-corrected chi connectivity index (χ2v) is 11.0. The van der Waals surface area contributed by atoms with E-state index in [0.29, 0.717) is 10.8 Å². The Balaban J connectivity index is 2.45. The number of fused-ring (bicyclic) bond motifs is 1. The summed E-state index contributed by atoms with van der Waals surface area (Å²) in [7, 11) is 0. The number of aliphatic hydroxyl groups excluding tert-OH is 1. The number of carbonyl (C=O) groups excluding carboxylic acids is 6. The number of amides is 6. The molecule has 0 aliphatic heterocycles. The molecule has 46 heavy (non-hydrogen) atoms. The van der Waals surface area contributed by atoms with Gasteiger partial charge in [0.1, 0.15) is 24.2 Å². The largest absolute Gasteiger partial charge is 0.480 e. The van der Waals surface area contributed by atoms with Crippen molar-refractivity contribution < 1.29 is 43.8 Å². The van der Waals surface area contributed by atoms with E-state index < -0.39 is 91.1 Å². The topological polar surface area (TPSA) is 277 Å². The second-order valence-electron chi connectivity index (χ2n) is 11.0. The first kappa shape index (κ1) is 37.1. The van der Waals surface area contributed by atoms with Crippen LogP contribution in [-0.4, -0.2) is 88.4 Å². The van der Waals surface area contributed by atoms with E-state index >= 15 is 0 Å². The summed E-state index contributed by atoms with van der Waals surface area (Å²) in [6.45, 7) is 3.72. The Morgan fingerprint density at radius 1 is 0.783 bits per heavy atom. The predicted molar refractivity (Wildman–Crippen MR) is 166 cm³/mol. The second kappa shape index (κ2) is 16.8. The molecule has 250 valence electrons. The lowest BCUT2D eigenvalue weighted by Crippen LogP contribution is -2.60. The number of rotatable bonds is 17. The normalized spacial score (nSPS) is 14.3. The lowest BCUT2D eigenvalue weighted by Gasteiger charge is -2.32. The fourth-order valence-corrected chi connectivity index (χ4v) is 4.48. The van der Waals surface area contributed by atoms with E-state index in [-0.39, 0.29) is 18.0 Å². The van der Waals surface area contributed by atoms with Crippen molar-refractivity contribution in [2.24, 2.45) is 23.1 Å². The summed E-state index contributed by atoms with van der Waals surface area (Å²) in [5.74, 6) is -7.34. The molecule has 0 spiro atoms. The van der Waals surface area contributed by atoms with Crippen LogP contribution in [0.1, 0.15) is 40.0 Å². The number of hydrogen-bond donors (Lipinski definition) is 8. The molecule has 11 N–H and O–H groups in total. The Bertz CT molecular complexity index is 1460. The minimum absolute atomic E-state index is 0.182. The summed E-state index contributed by atoms with van der Waals surface area (Å²) in [4.78, 5) is 89.5. The zero-order valence-corrected chi connectivity index (χ0v) is 25.8. The number of carboxylic acids is 1. The van der Waals surface area contributed by atoms with Gasteiger partial charge in [-0.05, 0) is 30.7 Å². The molecule has 6 amide bonds. The molecule has 0 aliphatic rings. The fraction of sp³-hybridized carbons (Fsp3) is 0.433. The third-order valence-corrected chi connectivity index (χ3v) is 7.18. The van der Waals surface area contributed by atoms with Crippen LogP contribution in [0.15, 0.2) is 42.5 Å². The molecule has 0 aliphatic carbocycles. The number of benzene rings is 2. The van der Waals surface area contributed by atoms with Crippen LogP contribution in [0, 0.1) is 5.92 Å². The molecule has 5 atom stereocenters. The number of nitrogens with one attached hydrogen (secondary N) is 3. The molecule has 0 bridgehead atoms. The van der Waals surface area contributed by atoms with Crippen LogP contribution < -0.4 is 38.1 Å². The van der Waals surface area contributed by atoms with Gasteiger partial charge < -0.3 is 43.4 Å². The van der Waals surface area contributed by atoms with Crippen LogP contribution in [0.5, 0.6) is 0 Å². The van der Waals surface area contributed by atoms with E-state index in [1.807, 2.05) is 0 Å². The van der Waals surface area contributed by atoms with Gasteiger partial charge in [-0.15, -0.1) is 0 Å². The maximum Gasteiger partial charge on any atom is 0.326 e. The minimum atomic E-state index is -1.71. The third kappa shape index (κ3) is 9.97. The zero-order valence-electron chi connectivity index (χ0n) is 25.8. The molecule has 2 rings (SSSR count). The first-order valence-electron chi connectivity index (χ1n) is 14.5. The number of primary amides is 2. The quantitative estimate of drug-likeness (QED) is 0.0959. The van der Waals surface area contributed by atoms with Gasteiger partial charge in [-0.3, -0.25) is 33.7 Å². The molecule has 0 heterocycles. The molecule has 16 heteroatoms. The van der Waals surface area contributed by atoms with Crippen molar-refractivity contribution in [2.45, 2.75) is 70.2 Å². The van der Waals surface area contributed by atoms with Crippen molar-refractivity contribution in [3.8, 4) is 0 Å². The summed E-state index contributed by atoms with van der Waals surface area (Å²) in [5.41, 5.74) is 16.6. The average molecular weight is 644 g/mol. The number of carbonyl (C=O) groups is 7. The lowest BCUT2D eigenvalue weighted by atomic mass is 10.0. The Morgan fingerprint density at radius 3 is 1.91 bits per heavy atom. The molecule has 0 saturated carbocycles. The van der Waals surface area contributed by atoms with Crippen molar-refractivity contribution in [1.29, 1.82) is 0 Å². The first-order chi connectivity index (χ1) is 21.6. The number of aliphatic carboxylic acids is 1. The van der Waals surface area contributed by atoms with Gasteiger partial charge in [0.2, 0.25) is 29.5 Å². The minimum Gasteiger partial charge on any atom is -0.480 e. The van der Waals surface area contributed by atoms with Crippen LogP contribution in [0.3, 0.4) is 0 Å². The molecule has 0 fully saturated rings. The summed E-state index contributed by atoms with van der Waals surface area (Å²) in [5, 5.41) is 27.8. The van der Waals surface area contributed by atoms with Crippen LogP contribution in [0.4, 0.5) is 5.69 Å². The monoisotopic (exact) mass is 643 g/mol. The Hall–Kier alpha value is -5.09. The van der Waals surface area contributed by atoms with Gasteiger partial charge in [0.05, 0.1) is 24.8 Å². The van der Waals surface area contributed by atoms with Crippen LogP contribution in [0.25, 0.3) is 10.8 Å². The highest BCUT2D eigenvalue weighted by Gasteiger charge is 2.37. The number of aliphatic hydroxyl groups is 1. The van der Waals surface area contributed by atoms with Crippen molar-refractivity contribution in [3.05, 3.63) is 42.5 Å². The van der Waals surface area contributed by atoms with E-state index in [9.17, 15) is 43.8 Å². The van der Waals surface area contributed by atoms with Crippen molar-refractivity contribution in [2.75, 3.05) is 11.5 Å². The van der Waals surface area contributed by atoms with Crippen LogP contribution in [0.2, 0.25) is 0 Å². The predicted octanol–water partition coefficient (Wildman–Crippen LogP) is -1.78. The molecule has 2 aromatic rings. The van der Waals surface area contributed by atoms with Crippen molar-refractivity contribution >= 4 is 57.9 Å². The molecule has 2 aromatic carbocycles. The third-order valence-electron chi connectivity index (χ3n) is 7.18. The van der Waals surface area contributed by atoms with Gasteiger partial charge in [0.25, 0.3) is 5.91 Å². The van der Waals surface area contributed by atoms with Crippen molar-refractivity contribution in [3.63, 3.8) is 0 Å². The maximum absolute atomic E-state index is 14.0. The highest BCUT2D eigenvalue weighted by atomic mass is 16.4. The highest BCUT2D eigenvalue weighted by molar-refractivity contribution is 6.10. The number of nitrogens with zero attached hydrogens (tertiary/aromatic N) is 1. The Morgan fingerprint density at radius 2 is 1.35 bits per heavy atom. The summed E-state index contributed by atoms with van der Waals surface area (Å²) < 4.78 is 0. The molecular formula is C30H41N7O9. The summed E-state index contributed by atoms with van der Waals surface area (Å²) >= 11 is 0. The zero-order chi connectivity index (χ0) is 34.7. The average Bonchev–Trinajstić information content (AvgIpc) is 3.00. The van der Waals surface area contributed by atoms with Gasteiger partial charge in [0.15, 0.2) is 0 Å². The maximum atomic E-state index is 14.0. The number of carboxylic acid groups (broad SMARTS) is 1. The van der Waals surface area contributed by atoms with Gasteiger partial charge in [-0.1, -0.05) is 50.2 Å². The summed E-state index contributed by atoms with van der Waals surface area (Å²) in [6, 6.07) is 4.43. The Labute approximate surface area is 265 Å². The van der Waals surface area contributed by atoms with Crippen molar-refractivity contribution in [1.82, 2.24) is 16.0 Å². The lowest BCUT2D eigenvalue weighted by molar-refractivity contribution is -0.140.